The molecule has 0 bridgehead atoms. The molecule has 0 aromatic heterocycles. The van der Waals surface area contributed by atoms with Gasteiger partial charge in [0.05, 0.1) is 6.07 Å². The summed E-state index contributed by atoms with van der Waals surface area (Å²) in [4.78, 5) is 2.43. The fourth-order valence-corrected chi connectivity index (χ4v) is 2.01. The van der Waals surface area contributed by atoms with Crippen LogP contribution in [0.3, 0.4) is 0 Å². The summed E-state index contributed by atoms with van der Waals surface area (Å²) < 4.78 is 0. The van der Waals surface area contributed by atoms with Crippen LogP contribution in [0.5, 0.6) is 0 Å². The molecule has 0 atom stereocenters. The van der Waals surface area contributed by atoms with E-state index in [4.69, 9.17) is 11.0 Å². The van der Waals surface area contributed by atoms with E-state index in [0.29, 0.717) is 24.4 Å². The van der Waals surface area contributed by atoms with Crippen LogP contribution in [0.4, 0.5) is 0 Å². The lowest BCUT2D eigenvalue weighted by molar-refractivity contribution is 0.100. The van der Waals surface area contributed by atoms with Gasteiger partial charge in [-0.1, -0.05) is 13.8 Å². The van der Waals surface area contributed by atoms with Crippen LogP contribution < -0.4 is 5.73 Å². The molecule has 1 aliphatic rings. The van der Waals surface area contributed by atoms with Gasteiger partial charge in [-0.3, -0.25) is 4.90 Å². The highest BCUT2D eigenvalue weighted by atomic mass is 15.2. The zero-order valence-corrected chi connectivity index (χ0v) is 9.24. The molecule has 80 valence electrons. The molecule has 1 fully saturated rings. The van der Waals surface area contributed by atoms with Crippen molar-refractivity contribution in [2.45, 2.75) is 45.2 Å². The van der Waals surface area contributed by atoms with Crippen LogP contribution in [0.1, 0.15) is 33.1 Å². The molecule has 0 aliphatic heterocycles. The van der Waals surface area contributed by atoms with Crippen LogP contribution in [-0.4, -0.2) is 30.1 Å². The Labute approximate surface area is 86.9 Å². The molecule has 0 heterocycles. The molecular formula is C11H21N3. The minimum absolute atomic E-state index is 0.400. The van der Waals surface area contributed by atoms with Crippen molar-refractivity contribution in [3.8, 4) is 6.07 Å². The topological polar surface area (TPSA) is 53.0 Å². The summed E-state index contributed by atoms with van der Waals surface area (Å²) >= 11 is 0. The van der Waals surface area contributed by atoms with Crippen LogP contribution in [0.15, 0.2) is 0 Å². The van der Waals surface area contributed by atoms with Gasteiger partial charge in [0.1, 0.15) is 0 Å². The summed E-state index contributed by atoms with van der Waals surface area (Å²) in [6.45, 7) is 6.45. The summed E-state index contributed by atoms with van der Waals surface area (Å²) in [6.07, 6.45) is 2.86. The van der Waals surface area contributed by atoms with Gasteiger partial charge in [0.15, 0.2) is 0 Å². The summed E-state index contributed by atoms with van der Waals surface area (Å²) in [5.41, 5.74) is 5.77. The van der Waals surface area contributed by atoms with E-state index in [9.17, 15) is 0 Å². The molecule has 0 aromatic carbocycles. The number of nitrogens with zero attached hydrogens (tertiary/aromatic N) is 2. The SMILES string of the molecule is CC(C)CN(CCC#N)C1CC(N)C1. The van der Waals surface area contributed by atoms with Crippen molar-refractivity contribution in [3.05, 3.63) is 0 Å². The van der Waals surface area contributed by atoms with Crippen LogP contribution in [0, 0.1) is 17.2 Å². The maximum atomic E-state index is 8.57. The molecule has 1 saturated carbocycles. The highest BCUT2D eigenvalue weighted by molar-refractivity contribution is 4.90. The van der Waals surface area contributed by atoms with Gasteiger partial charge in [0.2, 0.25) is 0 Å². The van der Waals surface area contributed by atoms with Crippen molar-refractivity contribution in [1.29, 1.82) is 5.26 Å². The van der Waals surface area contributed by atoms with E-state index in [1.807, 2.05) is 0 Å². The second-order valence-electron chi connectivity index (χ2n) is 4.68. The molecule has 0 radical (unpaired) electrons. The lowest BCUT2D eigenvalue weighted by Gasteiger charge is -2.42. The maximum absolute atomic E-state index is 8.57. The molecule has 1 rings (SSSR count). The minimum Gasteiger partial charge on any atom is -0.328 e. The Morgan fingerprint density at radius 2 is 2.14 bits per heavy atom. The molecule has 0 saturated heterocycles. The number of hydrogen-bond donors (Lipinski definition) is 1. The molecule has 3 nitrogen and oxygen atoms in total. The third-order valence-electron chi connectivity index (χ3n) is 2.78. The van der Waals surface area contributed by atoms with Gasteiger partial charge in [-0.25, -0.2) is 0 Å². The molecular weight excluding hydrogens is 174 g/mol. The fraction of sp³-hybridized carbons (Fsp3) is 0.909. The van der Waals surface area contributed by atoms with E-state index >= 15 is 0 Å². The Hall–Kier alpha value is -0.590. The normalized spacial score (nSPS) is 26.3. The second kappa shape index (κ2) is 5.33. The van der Waals surface area contributed by atoms with Crippen molar-refractivity contribution in [3.63, 3.8) is 0 Å². The Kier molecular flexibility index (Phi) is 4.37. The first kappa shape index (κ1) is 11.5. The Morgan fingerprint density at radius 1 is 1.50 bits per heavy atom. The van der Waals surface area contributed by atoms with Gasteiger partial charge in [-0.15, -0.1) is 0 Å². The fourth-order valence-electron chi connectivity index (χ4n) is 2.01. The molecule has 0 amide bonds. The molecule has 2 N–H and O–H groups in total. The number of rotatable bonds is 5. The van der Waals surface area contributed by atoms with E-state index in [2.05, 4.69) is 24.8 Å². The van der Waals surface area contributed by atoms with Gasteiger partial charge in [0, 0.05) is 31.6 Å². The van der Waals surface area contributed by atoms with Gasteiger partial charge >= 0.3 is 0 Å². The van der Waals surface area contributed by atoms with E-state index in [-0.39, 0.29) is 0 Å². The van der Waals surface area contributed by atoms with Crippen molar-refractivity contribution in [2.75, 3.05) is 13.1 Å². The van der Waals surface area contributed by atoms with Crippen LogP contribution >= 0.6 is 0 Å². The Morgan fingerprint density at radius 3 is 2.57 bits per heavy atom. The number of hydrogen-bond acceptors (Lipinski definition) is 3. The lowest BCUT2D eigenvalue weighted by Crippen LogP contribution is -2.51. The minimum atomic E-state index is 0.400. The van der Waals surface area contributed by atoms with E-state index < -0.39 is 0 Å². The van der Waals surface area contributed by atoms with Crippen molar-refractivity contribution in [2.24, 2.45) is 11.7 Å². The predicted molar refractivity (Wildman–Crippen MR) is 57.6 cm³/mol. The monoisotopic (exact) mass is 195 g/mol. The van der Waals surface area contributed by atoms with Crippen LogP contribution in [0.25, 0.3) is 0 Å². The van der Waals surface area contributed by atoms with E-state index in [1.54, 1.807) is 0 Å². The third kappa shape index (κ3) is 3.28. The Bertz CT molecular complexity index is 201. The van der Waals surface area contributed by atoms with Crippen LogP contribution in [0.2, 0.25) is 0 Å². The van der Waals surface area contributed by atoms with Gasteiger partial charge in [-0.05, 0) is 18.8 Å². The van der Waals surface area contributed by atoms with Gasteiger partial charge < -0.3 is 5.73 Å². The lowest BCUT2D eigenvalue weighted by atomic mass is 9.86. The maximum Gasteiger partial charge on any atom is 0.0635 e. The third-order valence-corrected chi connectivity index (χ3v) is 2.78. The molecule has 1 aliphatic carbocycles. The molecule has 0 aromatic rings. The predicted octanol–water partition coefficient (Wildman–Crippen LogP) is 1.35. The number of nitrogens with two attached hydrogens (primary N) is 1. The van der Waals surface area contributed by atoms with Crippen LogP contribution in [-0.2, 0) is 0 Å². The zero-order chi connectivity index (χ0) is 10.6. The van der Waals surface area contributed by atoms with Gasteiger partial charge in [-0.2, -0.15) is 5.26 Å². The molecule has 0 unspecified atom stereocenters. The Balaban J connectivity index is 2.33. The first-order valence-electron chi connectivity index (χ1n) is 5.50. The summed E-state index contributed by atoms with van der Waals surface area (Å²) in [6, 6.07) is 3.25. The average molecular weight is 195 g/mol. The largest absolute Gasteiger partial charge is 0.328 e. The molecule has 3 heteroatoms. The first-order chi connectivity index (χ1) is 6.63. The van der Waals surface area contributed by atoms with Gasteiger partial charge in [0.25, 0.3) is 0 Å². The zero-order valence-electron chi connectivity index (χ0n) is 9.24. The summed E-state index contributed by atoms with van der Waals surface area (Å²) in [7, 11) is 0. The van der Waals surface area contributed by atoms with E-state index in [0.717, 1.165) is 25.9 Å². The number of nitriles is 1. The standard InChI is InChI=1S/C11H21N3/c1-9(2)8-14(5-3-4-12)11-6-10(13)7-11/h9-11H,3,5-8,13H2,1-2H3. The summed E-state index contributed by atoms with van der Waals surface area (Å²) in [5.74, 6) is 0.672. The smallest absolute Gasteiger partial charge is 0.0635 e. The summed E-state index contributed by atoms with van der Waals surface area (Å²) in [5, 5.41) is 8.57. The van der Waals surface area contributed by atoms with Crippen molar-refractivity contribution in [1.82, 2.24) is 4.90 Å². The second-order valence-corrected chi connectivity index (χ2v) is 4.68. The highest BCUT2D eigenvalue weighted by Gasteiger charge is 2.30. The molecule has 0 spiro atoms. The average Bonchev–Trinajstić information content (AvgIpc) is 2.06. The van der Waals surface area contributed by atoms with Crippen molar-refractivity contribution < 1.29 is 0 Å². The quantitative estimate of drug-likeness (QED) is 0.720. The first-order valence-corrected chi connectivity index (χ1v) is 5.50. The van der Waals surface area contributed by atoms with Crippen molar-refractivity contribution >= 4 is 0 Å². The molecule has 14 heavy (non-hydrogen) atoms. The van der Waals surface area contributed by atoms with E-state index in [1.165, 1.54) is 0 Å². The highest BCUT2D eigenvalue weighted by Crippen LogP contribution is 2.24.